The van der Waals surface area contributed by atoms with Crippen molar-refractivity contribution in [2.75, 3.05) is 13.2 Å². The molecule has 7 nitrogen and oxygen atoms in total. The van der Waals surface area contributed by atoms with Crippen LogP contribution in [0.15, 0.2) is 18.2 Å². The standard InChI is InChI=1S/C25H36O7/c1-2-3-4-7-18(32-25(30)14-26)9-10-19-20-11-16-6-5-8-23(31-15-24(28)29)21(16)12-17(20)13-22(19)27/h5-6,8,17-20,22,26-27H,2-4,7,9-15H2,1H3,(H,28,29)/t17-,18?,19+,20-,22+/m0/s1. The Hall–Kier alpha value is -2.12. The highest BCUT2D eigenvalue weighted by Crippen LogP contribution is 2.48. The molecule has 0 saturated heterocycles. The van der Waals surface area contributed by atoms with Crippen molar-refractivity contribution in [1.82, 2.24) is 0 Å². The van der Waals surface area contributed by atoms with E-state index in [4.69, 9.17) is 19.7 Å². The quantitative estimate of drug-likeness (QED) is 0.333. The third kappa shape index (κ3) is 6.23. The molecule has 5 atom stereocenters. The van der Waals surface area contributed by atoms with Gasteiger partial charge in [0.15, 0.2) is 6.61 Å². The smallest absolute Gasteiger partial charge is 0.341 e. The Labute approximate surface area is 189 Å². The van der Waals surface area contributed by atoms with Gasteiger partial charge < -0.3 is 24.8 Å². The number of carbonyl (C=O) groups excluding carboxylic acids is 1. The highest BCUT2D eigenvalue weighted by atomic mass is 16.6. The van der Waals surface area contributed by atoms with Gasteiger partial charge in [0.1, 0.15) is 18.5 Å². The minimum atomic E-state index is -0.997. The van der Waals surface area contributed by atoms with Crippen molar-refractivity contribution in [3.63, 3.8) is 0 Å². The Morgan fingerprint density at radius 2 is 2.00 bits per heavy atom. The van der Waals surface area contributed by atoms with Crippen LogP contribution in [-0.4, -0.2) is 52.7 Å². The molecule has 2 aliphatic rings. The maximum absolute atomic E-state index is 11.6. The maximum Gasteiger partial charge on any atom is 0.341 e. The lowest BCUT2D eigenvalue weighted by Gasteiger charge is -2.32. The van der Waals surface area contributed by atoms with Crippen molar-refractivity contribution in [2.24, 2.45) is 17.8 Å². The van der Waals surface area contributed by atoms with Gasteiger partial charge in [-0.3, -0.25) is 0 Å². The summed E-state index contributed by atoms with van der Waals surface area (Å²) in [6.07, 6.45) is 7.11. The molecule has 1 unspecified atom stereocenters. The average molecular weight is 449 g/mol. The van der Waals surface area contributed by atoms with Gasteiger partial charge >= 0.3 is 11.9 Å². The number of hydrogen-bond acceptors (Lipinski definition) is 6. The van der Waals surface area contributed by atoms with Gasteiger partial charge in [-0.15, -0.1) is 0 Å². The Kier molecular flexibility index (Phi) is 8.93. The van der Waals surface area contributed by atoms with Crippen molar-refractivity contribution < 1.29 is 34.4 Å². The molecule has 0 aliphatic heterocycles. The Morgan fingerprint density at radius 3 is 2.72 bits per heavy atom. The molecule has 32 heavy (non-hydrogen) atoms. The molecule has 1 fully saturated rings. The second-order valence-electron chi connectivity index (χ2n) is 9.22. The van der Waals surface area contributed by atoms with E-state index in [1.165, 1.54) is 5.56 Å². The zero-order chi connectivity index (χ0) is 23.1. The molecular weight excluding hydrogens is 412 g/mol. The lowest BCUT2D eigenvalue weighted by molar-refractivity contribution is -0.153. The van der Waals surface area contributed by atoms with Gasteiger partial charge in [0.2, 0.25) is 0 Å². The number of benzene rings is 1. The van der Waals surface area contributed by atoms with Crippen LogP contribution in [0.25, 0.3) is 0 Å². The number of unbranched alkanes of at least 4 members (excludes halogenated alkanes) is 2. The summed E-state index contributed by atoms with van der Waals surface area (Å²) in [5, 5.41) is 28.8. The fourth-order valence-electron chi connectivity index (χ4n) is 5.56. The van der Waals surface area contributed by atoms with Crippen LogP contribution in [0.3, 0.4) is 0 Å². The van der Waals surface area contributed by atoms with E-state index in [1.807, 2.05) is 12.1 Å². The number of esters is 1. The molecule has 1 saturated carbocycles. The largest absolute Gasteiger partial charge is 0.482 e. The van der Waals surface area contributed by atoms with E-state index in [9.17, 15) is 14.7 Å². The molecule has 3 rings (SSSR count). The highest BCUT2D eigenvalue weighted by Gasteiger charge is 2.45. The predicted octanol–water partition coefficient (Wildman–Crippen LogP) is 3.13. The number of carbonyl (C=O) groups is 2. The van der Waals surface area contributed by atoms with Crippen LogP contribution in [0.5, 0.6) is 5.75 Å². The number of aliphatic hydroxyl groups excluding tert-OH is 2. The summed E-state index contributed by atoms with van der Waals surface area (Å²) in [4.78, 5) is 22.5. The molecule has 0 amide bonds. The summed E-state index contributed by atoms with van der Waals surface area (Å²) in [7, 11) is 0. The van der Waals surface area contributed by atoms with Crippen LogP contribution < -0.4 is 4.74 Å². The molecule has 7 heteroatoms. The van der Waals surface area contributed by atoms with Crippen LogP contribution in [0.2, 0.25) is 0 Å². The monoisotopic (exact) mass is 448 g/mol. The molecule has 0 aromatic heterocycles. The molecule has 178 valence electrons. The van der Waals surface area contributed by atoms with E-state index >= 15 is 0 Å². The molecule has 1 aromatic carbocycles. The minimum Gasteiger partial charge on any atom is -0.482 e. The van der Waals surface area contributed by atoms with Gasteiger partial charge in [0.25, 0.3) is 0 Å². The second-order valence-corrected chi connectivity index (χ2v) is 9.22. The van der Waals surface area contributed by atoms with Crippen molar-refractivity contribution in [3.8, 4) is 5.75 Å². The van der Waals surface area contributed by atoms with E-state index in [0.29, 0.717) is 24.0 Å². The Balaban J connectivity index is 1.65. The van der Waals surface area contributed by atoms with E-state index in [-0.39, 0.29) is 18.6 Å². The number of fused-ring (bicyclic) bond motifs is 2. The van der Waals surface area contributed by atoms with E-state index in [1.54, 1.807) is 0 Å². The van der Waals surface area contributed by atoms with Crippen molar-refractivity contribution in [2.45, 2.75) is 76.9 Å². The zero-order valence-corrected chi connectivity index (χ0v) is 18.9. The van der Waals surface area contributed by atoms with Crippen LogP contribution >= 0.6 is 0 Å². The van der Waals surface area contributed by atoms with Crippen molar-refractivity contribution in [1.29, 1.82) is 0 Å². The Bertz CT molecular complexity index is 778. The third-order valence-electron chi connectivity index (χ3n) is 7.08. The molecular formula is C25H36O7. The predicted molar refractivity (Wildman–Crippen MR) is 118 cm³/mol. The zero-order valence-electron chi connectivity index (χ0n) is 18.9. The topological polar surface area (TPSA) is 113 Å². The molecule has 1 aromatic rings. The van der Waals surface area contributed by atoms with Crippen molar-refractivity contribution in [3.05, 3.63) is 29.3 Å². The molecule has 0 radical (unpaired) electrons. The van der Waals surface area contributed by atoms with E-state index in [2.05, 4.69) is 13.0 Å². The number of aliphatic hydroxyl groups is 2. The summed E-state index contributed by atoms with van der Waals surface area (Å²) in [6, 6.07) is 5.79. The summed E-state index contributed by atoms with van der Waals surface area (Å²) in [6.45, 7) is 1.16. The Morgan fingerprint density at radius 1 is 1.19 bits per heavy atom. The van der Waals surface area contributed by atoms with Crippen LogP contribution in [0.1, 0.15) is 63.0 Å². The molecule has 0 spiro atoms. The first-order valence-corrected chi connectivity index (χ1v) is 11.9. The number of rotatable bonds is 12. The fourth-order valence-corrected chi connectivity index (χ4v) is 5.56. The first kappa shape index (κ1) is 24.5. The molecule has 3 N–H and O–H groups in total. The SMILES string of the molecule is CCCCCC(CC[C@@H]1[C@H]2Cc3cccc(OCC(=O)O)c3C[C@H]2C[C@H]1O)OC(=O)CO. The summed E-state index contributed by atoms with van der Waals surface area (Å²) < 4.78 is 11.0. The first-order chi connectivity index (χ1) is 15.4. The lowest BCUT2D eigenvalue weighted by atomic mass is 9.73. The van der Waals surface area contributed by atoms with Crippen LogP contribution in [-0.2, 0) is 27.2 Å². The molecule has 0 bridgehead atoms. The number of aliphatic carboxylic acids is 1. The maximum atomic E-state index is 11.6. The highest BCUT2D eigenvalue weighted by molar-refractivity contribution is 5.70. The van der Waals surface area contributed by atoms with Gasteiger partial charge in [-0.1, -0.05) is 31.9 Å². The third-order valence-corrected chi connectivity index (χ3v) is 7.08. The summed E-state index contributed by atoms with van der Waals surface area (Å²) in [5.41, 5.74) is 2.23. The first-order valence-electron chi connectivity index (χ1n) is 11.9. The van der Waals surface area contributed by atoms with Gasteiger partial charge in [-0.2, -0.15) is 0 Å². The van der Waals surface area contributed by atoms with Gasteiger partial charge in [-0.25, -0.2) is 9.59 Å². The average Bonchev–Trinajstić information content (AvgIpc) is 3.08. The lowest BCUT2D eigenvalue weighted by Crippen LogP contribution is -2.29. The van der Waals surface area contributed by atoms with Crippen LogP contribution in [0.4, 0.5) is 0 Å². The van der Waals surface area contributed by atoms with E-state index in [0.717, 1.165) is 56.9 Å². The van der Waals surface area contributed by atoms with Crippen molar-refractivity contribution >= 4 is 11.9 Å². The number of carboxylic acids is 1. The van der Waals surface area contributed by atoms with Gasteiger partial charge in [-0.05, 0) is 79.9 Å². The second kappa shape index (κ2) is 11.7. The summed E-state index contributed by atoms with van der Waals surface area (Å²) >= 11 is 0. The number of hydrogen-bond donors (Lipinski definition) is 3. The van der Waals surface area contributed by atoms with E-state index < -0.39 is 24.6 Å². The molecule has 0 heterocycles. The van der Waals surface area contributed by atoms with Gasteiger partial charge in [0, 0.05) is 0 Å². The van der Waals surface area contributed by atoms with Gasteiger partial charge in [0.05, 0.1) is 6.10 Å². The summed E-state index contributed by atoms with van der Waals surface area (Å²) in [5.74, 6) is -0.140. The fraction of sp³-hybridized carbons (Fsp3) is 0.680. The minimum absolute atomic E-state index is 0.137. The molecule has 2 aliphatic carbocycles. The number of carboxylic acid groups (broad SMARTS) is 1. The normalized spacial score (nSPS) is 25.0. The number of ether oxygens (including phenoxy) is 2. The van der Waals surface area contributed by atoms with Crippen LogP contribution in [0, 0.1) is 17.8 Å².